The maximum atomic E-state index is 11.7. The van der Waals surface area contributed by atoms with Crippen LogP contribution in [0.4, 0.5) is 5.95 Å². The summed E-state index contributed by atoms with van der Waals surface area (Å²) < 4.78 is 13.7. The third-order valence-electron chi connectivity index (χ3n) is 3.28. The van der Waals surface area contributed by atoms with E-state index in [0.29, 0.717) is 11.7 Å². The number of rotatable bonds is 1. The standard InChI is InChI=1S/C12H15N3OS/c13-12-14-10-5-1-2-6-11(10)15(12)9-4-3-7-17(16)8-9/h1-2,5-6,9H,3-4,7-8H2,(H2,13,14). The summed E-state index contributed by atoms with van der Waals surface area (Å²) in [6.45, 7) is 0. The van der Waals surface area contributed by atoms with Gasteiger partial charge in [-0.2, -0.15) is 0 Å². The van der Waals surface area contributed by atoms with Crippen LogP contribution in [0.15, 0.2) is 24.3 Å². The van der Waals surface area contributed by atoms with Gasteiger partial charge in [-0.3, -0.25) is 4.21 Å². The fraction of sp³-hybridized carbons (Fsp3) is 0.417. The third-order valence-corrected chi connectivity index (χ3v) is 4.78. The minimum Gasteiger partial charge on any atom is -0.369 e. The molecule has 1 aromatic heterocycles. The highest BCUT2D eigenvalue weighted by atomic mass is 32.2. The van der Waals surface area contributed by atoms with E-state index in [1.807, 2.05) is 28.8 Å². The lowest BCUT2D eigenvalue weighted by Crippen LogP contribution is -2.24. The maximum Gasteiger partial charge on any atom is 0.201 e. The van der Waals surface area contributed by atoms with Gasteiger partial charge in [-0.25, -0.2) is 4.98 Å². The number of fused-ring (bicyclic) bond motifs is 1. The molecule has 0 radical (unpaired) electrons. The summed E-state index contributed by atoms with van der Waals surface area (Å²) in [6, 6.07) is 8.16. The largest absolute Gasteiger partial charge is 0.369 e. The normalized spacial score (nSPS) is 25.2. The molecule has 1 saturated heterocycles. The van der Waals surface area contributed by atoms with Crippen LogP contribution in [-0.4, -0.2) is 25.3 Å². The highest BCUT2D eigenvalue weighted by molar-refractivity contribution is 7.85. The number of imidazole rings is 1. The molecule has 17 heavy (non-hydrogen) atoms. The zero-order valence-corrected chi connectivity index (χ0v) is 10.3. The van der Waals surface area contributed by atoms with E-state index in [4.69, 9.17) is 5.73 Å². The zero-order valence-electron chi connectivity index (χ0n) is 9.50. The molecule has 2 N–H and O–H groups in total. The van der Waals surface area contributed by atoms with E-state index in [1.165, 1.54) is 0 Å². The van der Waals surface area contributed by atoms with Crippen LogP contribution >= 0.6 is 0 Å². The van der Waals surface area contributed by atoms with Crippen molar-refractivity contribution in [1.82, 2.24) is 9.55 Å². The second-order valence-corrected chi connectivity index (χ2v) is 6.06. The van der Waals surface area contributed by atoms with E-state index in [1.54, 1.807) is 0 Å². The Bertz CT molecular complexity index is 578. The monoisotopic (exact) mass is 249 g/mol. The first-order chi connectivity index (χ1) is 8.25. The van der Waals surface area contributed by atoms with Crippen molar-refractivity contribution in [2.45, 2.75) is 18.9 Å². The van der Waals surface area contributed by atoms with Gasteiger partial charge in [0.1, 0.15) is 0 Å². The molecular formula is C12H15N3OS. The van der Waals surface area contributed by atoms with E-state index >= 15 is 0 Å². The number of aromatic nitrogens is 2. The predicted octanol–water partition coefficient (Wildman–Crippen LogP) is 1.70. The van der Waals surface area contributed by atoms with Crippen LogP contribution in [0.2, 0.25) is 0 Å². The van der Waals surface area contributed by atoms with E-state index in [0.717, 1.165) is 29.6 Å². The Balaban J connectivity index is 2.09. The Morgan fingerprint density at radius 1 is 1.41 bits per heavy atom. The second-order valence-electron chi connectivity index (χ2n) is 4.44. The van der Waals surface area contributed by atoms with Gasteiger partial charge in [-0.15, -0.1) is 0 Å². The van der Waals surface area contributed by atoms with Crippen LogP contribution < -0.4 is 5.73 Å². The van der Waals surface area contributed by atoms with Gasteiger partial charge in [0.15, 0.2) is 0 Å². The molecule has 90 valence electrons. The van der Waals surface area contributed by atoms with Crippen LogP contribution in [0, 0.1) is 0 Å². The van der Waals surface area contributed by atoms with Crippen molar-refractivity contribution < 1.29 is 4.21 Å². The highest BCUT2D eigenvalue weighted by Crippen LogP contribution is 2.28. The molecule has 1 aliphatic rings. The van der Waals surface area contributed by atoms with E-state index in [2.05, 4.69) is 4.98 Å². The van der Waals surface area contributed by atoms with E-state index < -0.39 is 10.8 Å². The quantitative estimate of drug-likeness (QED) is 0.836. The smallest absolute Gasteiger partial charge is 0.201 e. The van der Waals surface area contributed by atoms with Crippen LogP contribution in [-0.2, 0) is 10.8 Å². The van der Waals surface area contributed by atoms with Crippen molar-refractivity contribution in [3.8, 4) is 0 Å². The molecule has 4 nitrogen and oxygen atoms in total. The van der Waals surface area contributed by atoms with Crippen LogP contribution in [0.1, 0.15) is 18.9 Å². The van der Waals surface area contributed by atoms with Gasteiger partial charge in [0.25, 0.3) is 0 Å². The lowest BCUT2D eigenvalue weighted by atomic mass is 10.2. The average molecular weight is 249 g/mol. The van der Waals surface area contributed by atoms with E-state index in [-0.39, 0.29) is 6.04 Å². The summed E-state index contributed by atoms with van der Waals surface area (Å²) in [6.07, 6.45) is 2.04. The first kappa shape index (κ1) is 10.8. The minimum atomic E-state index is -0.710. The zero-order chi connectivity index (χ0) is 11.8. The van der Waals surface area contributed by atoms with Gasteiger partial charge < -0.3 is 10.3 Å². The van der Waals surface area contributed by atoms with Gasteiger partial charge in [-0.1, -0.05) is 12.1 Å². The predicted molar refractivity (Wildman–Crippen MR) is 70.3 cm³/mol. The average Bonchev–Trinajstić information content (AvgIpc) is 2.64. The van der Waals surface area contributed by atoms with Crippen LogP contribution in [0.5, 0.6) is 0 Å². The molecule has 0 bridgehead atoms. The lowest BCUT2D eigenvalue weighted by molar-refractivity contribution is 0.505. The first-order valence-electron chi connectivity index (χ1n) is 5.83. The number of benzene rings is 1. The number of hydrogen-bond acceptors (Lipinski definition) is 3. The summed E-state index contributed by atoms with van der Waals surface area (Å²) in [5, 5.41) is 0. The van der Waals surface area contributed by atoms with Crippen molar-refractivity contribution >= 4 is 27.8 Å². The SMILES string of the molecule is Nc1nc2ccccc2n1C1CCCS(=O)C1. The van der Waals surface area contributed by atoms with Gasteiger partial charge in [0, 0.05) is 28.3 Å². The molecule has 0 aliphatic carbocycles. The van der Waals surface area contributed by atoms with Gasteiger partial charge >= 0.3 is 0 Å². The van der Waals surface area contributed by atoms with Gasteiger partial charge in [0.2, 0.25) is 5.95 Å². The topological polar surface area (TPSA) is 60.9 Å². The molecule has 2 heterocycles. The van der Waals surface area contributed by atoms with Crippen molar-refractivity contribution in [3.63, 3.8) is 0 Å². The Morgan fingerprint density at radius 2 is 2.24 bits per heavy atom. The fourth-order valence-electron chi connectivity index (χ4n) is 2.51. The highest BCUT2D eigenvalue weighted by Gasteiger charge is 2.23. The molecule has 2 atom stereocenters. The Hall–Kier alpha value is -1.36. The van der Waals surface area contributed by atoms with Gasteiger partial charge in [-0.05, 0) is 25.0 Å². The first-order valence-corrected chi connectivity index (χ1v) is 7.32. The molecule has 3 rings (SSSR count). The number of para-hydroxylation sites is 2. The Kier molecular flexibility index (Phi) is 2.63. The van der Waals surface area contributed by atoms with Crippen molar-refractivity contribution in [2.24, 2.45) is 0 Å². The number of nitrogens with zero attached hydrogens (tertiary/aromatic N) is 2. The molecule has 1 aliphatic heterocycles. The Labute approximate surface area is 102 Å². The lowest BCUT2D eigenvalue weighted by Gasteiger charge is -2.24. The minimum absolute atomic E-state index is 0.233. The van der Waals surface area contributed by atoms with Crippen LogP contribution in [0.25, 0.3) is 11.0 Å². The summed E-state index contributed by atoms with van der Waals surface area (Å²) >= 11 is 0. The van der Waals surface area contributed by atoms with Crippen molar-refractivity contribution in [3.05, 3.63) is 24.3 Å². The Morgan fingerprint density at radius 3 is 3.06 bits per heavy atom. The van der Waals surface area contributed by atoms with E-state index in [9.17, 15) is 4.21 Å². The summed E-state index contributed by atoms with van der Waals surface area (Å²) in [4.78, 5) is 4.36. The van der Waals surface area contributed by atoms with Crippen LogP contribution in [0.3, 0.4) is 0 Å². The molecule has 1 fully saturated rings. The molecule has 5 heteroatoms. The number of anilines is 1. The fourth-order valence-corrected chi connectivity index (χ4v) is 3.91. The number of nitrogens with two attached hydrogens (primary N) is 1. The van der Waals surface area contributed by atoms with Crippen molar-refractivity contribution in [1.29, 1.82) is 0 Å². The molecule has 0 saturated carbocycles. The molecule has 0 spiro atoms. The summed E-state index contributed by atoms with van der Waals surface area (Å²) in [7, 11) is -0.710. The third kappa shape index (κ3) is 1.84. The summed E-state index contributed by atoms with van der Waals surface area (Å²) in [5.41, 5.74) is 7.95. The van der Waals surface area contributed by atoms with Crippen molar-refractivity contribution in [2.75, 3.05) is 17.2 Å². The molecule has 0 amide bonds. The van der Waals surface area contributed by atoms with Gasteiger partial charge in [0.05, 0.1) is 11.0 Å². The molecule has 1 aromatic carbocycles. The molecular weight excluding hydrogens is 234 g/mol. The maximum absolute atomic E-state index is 11.7. The summed E-state index contributed by atoms with van der Waals surface area (Å²) in [5.74, 6) is 2.06. The molecule has 2 unspecified atom stereocenters. The second kappa shape index (κ2) is 4.14. The molecule has 2 aromatic rings. The number of hydrogen-bond donors (Lipinski definition) is 1. The number of nitrogen functional groups attached to an aromatic ring is 1.